The second-order valence-electron chi connectivity index (χ2n) is 6.41. The van der Waals surface area contributed by atoms with E-state index in [1.54, 1.807) is 17.9 Å². The fourth-order valence-corrected chi connectivity index (χ4v) is 3.00. The van der Waals surface area contributed by atoms with Crippen LogP contribution in [0, 0.1) is 12.8 Å². The number of likely N-dealkylation sites (tertiary alicyclic amines) is 1. The standard InChI is InChI=1S/C17H20F3N5O2/c1-11-23-24-15(27-11)22-16(26)25-8-6-12(7-9-25)10-21-14-5-3-2-4-13(14)17(18,19)20/h2-5,12,21H,6-10H2,1H3,(H,22,24,26). The van der Waals surface area contributed by atoms with E-state index in [0.29, 0.717) is 38.4 Å². The lowest BCUT2D eigenvalue weighted by Crippen LogP contribution is -2.42. The predicted molar refractivity (Wildman–Crippen MR) is 92.3 cm³/mol. The van der Waals surface area contributed by atoms with Crippen molar-refractivity contribution in [3.05, 3.63) is 35.7 Å². The van der Waals surface area contributed by atoms with E-state index >= 15 is 0 Å². The Labute approximate surface area is 153 Å². The minimum Gasteiger partial charge on any atom is -0.408 e. The molecule has 0 aliphatic carbocycles. The predicted octanol–water partition coefficient (Wildman–Crippen LogP) is 3.75. The number of nitrogens with zero attached hydrogens (tertiary/aromatic N) is 3. The Balaban J connectivity index is 1.48. The highest BCUT2D eigenvalue weighted by atomic mass is 19.4. The molecule has 0 unspecified atom stereocenters. The minimum atomic E-state index is -4.39. The van der Waals surface area contributed by atoms with Crippen LogP contribution in [0.15, 0.2) is 28.7 Å². The molecule has 2 amide bonds. The van der Waals surface area contributed by atoms with Crippen LogP contribution in [0.4, 0.5) is 29.7 Å². The van der Waals surface area contributed by atoms with Crippen molar-refractivity contribution in [1.82, 2.24) is 15.1 Å². The number of carbonyl (C=O) groups excluding carboxylic acids is 1. The van der Waals surface area contributed by atoms with Crippen LogP contribution in [0.25, 0.3) is 0 Å². The van der Waals surface area contributed by atoms with Crippen LogP contribution in [0.5, 0.6) is 0 Å². The van der Waals surface area contributed by atoms with Gasteiger partial charge >= 0.3 is 18.2 Å². The molecule has 1 saturated heterocycles. The van der Waals surface area contributed by atoms with Crippen LogP contribution in [0.3, 0.4) is 0 Å². The van der Waals surface area contributed by atoms with Crippen molar-refractivity contribution in [2.45, 2.75) is 25.9 Å². The van der Waals surface area contributed by atoms with Gasteiger partial charge in [-0.25, -0.2) is 4.79 Å². The first kappa shape index (κ1) is 19.0. The van der Waals surface area contributed by atoms with Gasteiger partial charge in [-0.3, -0.25) is 5.32 Å². The van der Waals surface area contributed by atoms with Gasteiger partial charge in [0.1, 0.15) is 0 Å². The molecule has 2 heterocycles. The first-order valence-corrected chi connectivity index (χ1v) is 8.59. The number of rotatable bonds is 4. The van der Waals surface area contributed by atoms with Crippen LogP contribution >= 0.6 is 0 Å². The molecule has 7 nitrogen and oxygen atoms in total. The third-order valence-corrected chi connectivity index (χ3v) is 4.46. The number of benzene rings is 1. The average Bonchev–Trinajstić information content (AvgIpc) is 3.04. The van der Waals surface area contributed by atoms with Crippen LogP contribution in [0.1, 0.15) is 24.3 Å². The van der Waals surface area contributed by atoms with E-state index < -0.39 is 11.7 Å². The SMILES string of the molecule is Cc1nnc(NC(=O)N2CCC(CNc3ccccc3C(F)(F)F)CC2)o1. The van der Waals surface area contributed by atoms with E-state index in [1.165, 1.54) is 12.1 Å². The van der Waals surface area contributed by atoms with E-state index in [1.807, 2.05) is 0 Å². The first-order valence-electron chi connectivity index (χ1n) is 8.59. The van der Waals surface area contributed by atoms with Gasteiger partial charge in [-0.2, -0.15) is 13.2 Å². The van der Waals surface area contributed by atoms with Crippen LogP contribution in [0.2, 0.25) is 0 Å². The van der Waals surface area contributed by atoms with Gasteiger partial charge < -0.3 is 14.6 Å². The average molecular weight is 383 g/mol. The monoisotopic (exact) mass is 383 g/mol. The maximum absolute atomic E-state index is 13.0. The number of anilines is 2. The number of nitrogens with one attached hydrogen (secondary N) is 2. The lowest BCUT2D eigenvalue weighted by atomic mass is 9.96. The number of hydrogen-bond acceptors (Lipinski definition) is 5. The summed E-state index contributed by atoms with van der Waals surface area (Å²) in [6.45, 7) is 3.06. The summed E-state index contributed by atoms with van der Waals surface area (Å²) in [6, 6.07) is 5.16. The summed E-state index contributed by atoms with van der Waals surface area (Å²) < 4.78 is 44.2. The van der Waals surface area contributed by atoms with Gasteiger partial charge in [0.05, 0.1) is 5.56 Å². The molecule has 0 saturated carbocycles. The number of aromatic nitrogens is 2. The molecule has 27 heavy (non-hydrogen) atoms. The summed E-state index contributed by atoms with van der Waals surface area (Å²) in [5.74, 6) is 0.537. The maximum Gasteiger partial charge on any atom is 0.418 e. The quantitative estimate of drug-likeness (QED) is 0.840. The summed E-state index contributed by atoms with van der Waals surface area (Å²) in [6.07, 6.45) is -3.01. The van der Waals surface area contributed by atoms with Crippen molar-refractivity contribution in [3.63, 3.8) is 0 Å². The normalized spacial score (nSPS) is 15.6. The molecule has 3 rings (SSSR count). The summed E-state index contributed by atoms with van der Waals surface area (Å²) in [5.41, 5.74) is -0.589. The molecule has 0 atom stereocenters. The largest absolute Gasteiger partial charge is 0.418 e. The smallest absolute Gasteiger partial charge is 0.408 e. The molecule has 1 aliphatic rings. The molecule has 0 radical (unpaired) electrons. The molecule has 1 aromatic heterocycles. The Kier molecular flexibility index (Phi) is 5.52. The zero-order valence-electron chi connectivity index (χ0n) is 14.7. The number of alkyl halides is 3. The van der Waals surface area contributed by atoms with E-state index in [2.05, 4.69) is 20.8 Å². The number of piperidine rings is 1. The molecule has 2 N–H and O–H groups in total. The number of halogens is 3. The second kappa shape index (κ2) is 7.85. The Morgan fingerprint density at radius 1 is 1.26 bits per heavy atom. The second-order valence-corrected chi connectivity index (χ2v) is 6.41. The van der Waals surface area contributed by atoms with Gasteiger partial charge in [0.15, 0.2) is 0 Å². The van der Waals surface area contributed by atoms with Gasteiger partial charge in [-0.15, -0.1) is 5.10 Å². The third kappa shape index (κ3) is 4.89. The summed E-state index contributed by atoms with van der Waals surface area (Å²) in [7, 11) is 0. The minimum absolute atomic E-state index is 0.0463. The number of aryl methyl sites for hydroxylation is 1. The lowest BCUT2D eigenvalue weighted by Gasteiger charge is -2.32. The van der Waals surface area contributed by atoms with E-state index in [9.17, 15) is 18.0 Å². The van der Waals surface area contributed by atoms with Crippen molar-refractivity contribution in [2.75, 3.05) is 30.3 Å². The zero-order chi connectivity index (χ0) is 19.4. The number of hydrogen-bond donors (Lipinski definition) is 2. The molecular formula is C17H20F3N5O2. The highest BCUT2D eigenvalue weighted by Gasteiger charge is 2.33. The number of carbonyl (C=O) groups is 1. The fourth-order valence-electron chi connectivity index (χ4n) is 3.00. The summed E-state index contributed by atoms with van der Waals surface area (Å²) in [4.78, 5) is 13.8. The molecular weight excluding hydrogens is 363 g/mol. The summed E-state index contributed by atoms with van der Waals surface area (Å²) in [5, 5.41) is 12.8. The van der Waals surface area contributed by atoms with Crippen LogP contribution < -0.4 is 10.6 Å². The highest BCUT2D eigenvalue weighted by Crippen LogP contribution is 2.34. The Hall–Kier alpha value is -2.78. The van der Waals surface area contributed by atoms with Crippen LogP contribution in [-0.4, -0.2) is 40.8 Å². The fraction of sp³-hybridized carbons (Fsp3) is 0.471. The maximum atomic E-state index is 13.0. The van der Waals surface area contributed by atoms with Gasteiger partial charge in [0.2, 0.25) is 5.89 Å². The molecule has 2 aromatic rings. The Bertz CT molecular complexity index is 785. The lowest BCUT2D eigenvalue weighted by molar-refractivity contribution is -0.137. The summed E-state index contributed by atoms with van der Waals surface area (Å²) >= 11 is 0. The van der Waals surface area contributed by atoms with Crippen molar-refractivity contribution in [2.24, 2.45) is 5.92 Å². The van der Waals surface area contributed by atoms with Gasteiger partial charge in [-0.1, -0.05) is 17.2 Å². The number of amides is 2. The van der Waals surface area contributed by atoms with Gasteiger partial charge in [0.25, 0.3) is 0 Å². The number of para-hydroxylation sites is 1. The third-order valence-electron chi connectivity index (χ3n) is 4.46. The van der Waals surface area contributed by atoms with Crippen LogP contribution in [-0.2, 0) is 6.18 Å². The van der Waals surface area contributed by atoms with Gasteiger partial charge in [0, 0.05) is 32.2 Å². The van der Waals surface area contributed by atoms with E-state index in [4.69, 9.17) is 4.42 Å². The molecule has 0 bridgehead atoms. The van der Waals surface area contributed by atoms with Gasteiger partial charge in [-0.05, 0) is 30.9 Å². The molecule has 1 aliphatic heterocycles. The Morgan fingerprint density at radius 3 is 2.59 bits per heavy atom. The van der Waals surface area contributed by atoms with E-state index in [0.717, 1.165) is 6.07 Å². The van der Waals surface area contributed by atoms with E-state index in [-0.39, 0.29) is 23.7 Å². The molecule has 1 fully saturated rings. The number of urea groups is 1. The molecule has 10 heteroatoms. The molecule has 1 aromatic carbocycles. The van der Waals surface area contributed by atoms with Crippen molar-refractivity contribution in [3.8, 4) is 0 Å². The topological polar surface area (TPSA) is 83.3 Å². The highest BCUT2D eigenvalue weighted by molar-refractivity contribution is 5.87. The molecule has 0 spiro atoms. The van der Waals surface area contributed by atoms with Crippen molar-refractivity contribution < 1.29 is 22.4 Å². The first-order chi connectivity index (χ1) is 12.8. The zero-order valence-corrected chi connectivity index (χ0v) is 14.7. The van der Waals surface area contributed by atoms with Crippen molar-refractivity contribution >= 4 is 17.7 Å². The van der Waals surface area contributed by atoms with Crippen molar-refractivity contribution in [1.29, 1.82) is 0 Å². The molecule has 146 valence electrons. The Morgan fingerprint density at radius 2 is 1.96 bits per heavy atom.